The molecule has 1 aliphatic rings. The van der Waals surface area contributed by atoms with Crippen molar-refractivity contribution < 1.29 is 28.6 Å². The van der Waals surface area contributed by atoms with Crippen LogP contribution in [0.25, 0.3) is 6.08 Å². The highest BCUT2D eigenvalue weighted by molar-refractivity contribution is 8.19. The summed E-state index contributed by atoms with van der Waals surface area (Å²) in [6.45, 7) is 4.04. The first-order chi connectivity index (χ1) is 18.4. The van der Waals surface area contributed by atoms with E-state index in [9.17, 15) is 14.4 Å². The van der Waals surface area contributed by atoms with Crippen molar-refractivity contribution in [3.05, 3.63) is 94.4 Å². The van der Waals surface area contributed by atoms with Crippen LogP contribution in [0.3, 0.4) is 0 Å². The standard InChI is InChI=1S/C29H26N2O6S/c1-4-36-27(33)19-10-14-22(15-11-19)30-29-31(23-16-12-20(13-17-23)28(34)37-5-2)26(32)25(38-29)18-21-8-6-7-9-24(21)35-3/h6-18H,4-5H2,1-3H3/b25-18+,30-29?. The number of benzene rings is 3. The van der Waals surface area contributed by atoms with Gasteiger partial charge in [-0.15, -0.1) is 0 Å². The van der Waals surface area contributed by atoms with Gasteiger partial charge in [0.1, 0.15) is 5.75 Å². The number of nitrogens with zero attached hydrogens (tertiary/aromatic N) is 2. The quantitative estimate of drug-likeness (QED) is 0.266. The minimum atomic E-state index is -0.437. The van der Waals surface area contributed by atoms with Crippen LogP contribution in [-0.4, -0.2) is 43.3 Å². The second-order valence-electron chi connectivity index (χ2n) is 7.92. The lowest BCUT2D eigenvalue weighted by Crippen LogP contribution is -2.28. The van der Waals surface area contributed by atoms with Gasteiger partial charge in [0.05, 0.1) is 47.7 Å². The number of carbonyl (C=O) groups excluding carboxylic acids is 3. The first-order valence-electron chi connectivity index (χ1n) is 11.9. The molecule has 0 atom stereocenters. The fourth-order valence-electron chi connectivity index (χ4n) is 3.66. The van der Waals surface area contributed by atoms with Crippen LogP contribution in [0.4, 0.5) is 11.4 Å². The Balaban J connectivity index is 1.72. The van der Waals surface area contributed by atoms with Crippen LogP contribution in [0, 0.1) is 0 Å². The molecule has 0 saturated carbocycles. The molecule has 9 heteroatoms. The number of esters is 2. The van der Waals surface area contributed by atoms with Crippen molar-refractivity contribution in [3.8, 4) is 5.75 Å². The van der Waals surface area contributed by atoms with Gasteiger partial charge in [0.25, 0.3) is 5.91 Å². The summed E-state index contributed by atoms with van der Waals surface area (Å²) in [5.41, 5.74) is 2.64. The lowest BCUT2D eigenvalue weighted by Gasteiger charge is -2.16. The maximum absolute atomic E-state index is 13.6. The fraction of sp³-hybridized carbons (Fsp3) is 0.172. The zero-order valence-corrected chi connectivity index (χ0v) is 22.0. The number of hydrogen-bond acceptors (Lipinski definition) is 8. The van der Waals surface area contributed by atoms with Gasteiger partial charge in [-0.3, -0.25) is 9.69 Å². The first-order valence-corrected chi connectivity index (χ1v) is 12.8. The molecular formula is C29H26N2O6S. The summed E-state index contributed by atoms with van der Waals surface area (Å²) in [5, 5.41) is 0.420. The van der Waals surface area contributed by atoms with Gasteiger partial charge in [-0.25, -0.2) is 14.6 Å². The van der Waals surface area contributed by atoms with Crippen LogP contribution >= 0.6 is 11.8 Å². The van der Waals surface area contributed by atoms with Gasteiger partial charge in [-0.2, -0.15) is 0 Å². The van der Waals surface area contributed by atoms with Crippen molar-refractivity contribution in [2.75, 3.05) is 25.2 Å². The predicted octanol–water partition coefficient (Wildman–Crippen LogP) is 5.86. The lowest BCUT2D eigenvalue weighted by atomic mass is 10.1. The van der Waals surface area contributed by atoms with E-state index >= 15 is 0 Å². The summed E-state index contributed by atoms with van der Waals surface area (Å²) in [7, 11) is 1.57. The lowest BCUT2D eigenvalue weighted by molar-refractivity contribution is -0.113. The third-order valence-corrected chi connectivity index (χ3v) is 6.44. The van der Waals surface area contributed by atoms with Crippen molar-refractivity contribution in [1.29, 1.82) is 0 Å². The second-order valence-corrected chi connectivity index (χ2v) is 8.93. The topological polar surface area (TPSA) is 94.5 Å². The molecule has 3 aromatic rings. The molecule has 3 aromatic carbocycles. The van der Waals surface area contributed by atoms with Crippen LogP contribution in [0.2, 0.25) is 0 Å². The Kier molecular flexibility index (Phi) is 8.60. The highest BCUT2D eigenvalue weighted by atomic mass is 32.2. The van der Waals surface area contributed by atoms with Crippen molar-refractivity contribution in [2.45, 2.75) is 13.8 Å². The number of para-hydroxylation sites is 1. The average Bonchev–Trinajstić information content (AvgIpc) is 3.23. The van der Waals surface area contributed by atoms with Crippen LogP contribution in [0.1, 0.15) is 40.1 Å². The number of amides is 1. The molecule has 0 N–H and O–H groups in total. The van der Waals surface area contributed by atoms with E-state index in [1.54, 1.807) is 75.6 Å². The van der Waals surface area contributed by atoms with Gasteiger partial charge in [-0.05, 0) is 86.3 Å². The van der Waals surface area contributed by atoms with Crippen LogP contribution in [0.5, 0.6) is 5.75 Å². The monoisotopic (exact) mass is 530 g/mol. The molecule has 1 fully saturated rings. The molecule has 38 heavy (non-hydrogen) atoms. The van der Waals surface area contributed by atoms with E-state index in [0.717, 1.165) is 5.56 Å². The number of methoxy groups -OCH3 is 1. The third kappa shape index (κ3) is 5.95. The molecule has 1 amide bonds. The SMILES string of the molecule is CCOC(=O)c1ccc(N=C2S/C(=C/c3ccccc3OC)C(=O)N2c2ccc(C(=O)OCC)cc2)cc1. The van der Waals surface area contributed by atoms with Crippen LogP contribution < -0.4 is 9.64 Å². The highest BCUT2D eigenvalue weighted by Crippen LogP contribution is 2.38. The van der Waals surface area contributed by atoms with Gasteiger partial charge in [0.15, 0.2) is 5.17 Å². The number of rotatable bonds is 8. The number of aliphatic imine (C=N–C) groups is 1. The Morgan fingerprint density at radius 1 is 0.868 bits per heavy atom. The number of ether oxygens (including phenoxy) is 3. The summed E-state index contributed by atoms with van der Waals surface area (Å²) in [4.78, 5) is 44.3. The van der Waals surface area contributed by atoms with Crippen molar-refractivity contribution in [3.63, 3.8) is 0 Å². The molecule has 0 aliphatic carbocycles. The van der Waals surface area contributed by atoms with E-state index in [1.807, 2.05) is 24.3 Å². The van der Waals surface area contributed by atoms with E-state index < -0.39 is 11.9 Å². The molecule has 0 bridgehead atoms. The van der Waals surface area contributed by atoms with Crippen molar-refractivity contribution in [1.82, 2.24) is 0 Å². The third-order valence-electron chi connectivity index (χ3n) is 5.47. The Morgan fingerprint density at radius 2 is 1.45 bits per heavy atom. The van der Waals surface area contributed by atoms with Crippen LogP contribution in [0.15, 0.2) is 82.7 Å². The Morgan fingerprint density at radius 3 is 2.03 bits per heavy atom. The number of amidine groups is 1. The van der Waals surface area contributed by atoms with Crippen molar-refractivity contribution >= 4 is 52.2 Å². The maximum Gasteiger partial charge on any atom is 0.338 e. The molecule has 0 unspecified atom stereocenters. The minimum absolute atomic E-state index is 0.269. The largest absolute Gasteiger partial charge is 0.496 e. The fourth-order valence-corrected chi connectivity index (χ4v) is 4.65. The number of anilines is 1. The van der Waals surface area contributed by atoms with Crippen LogP contribution in [-0.2, 0) is 14.3 Å². The molecule has 1 saturated heterocycles. The van der Waals surface area contributed by atoms with Gasteiger partial charge >= 0.3 is 11.9 Å². The van der Waals surface area contributed by atoms with E-state index in [-0.39, 0.29) is 19.1 Å². The minimum Gasteiger partial charge on any atom is -0.496 e. The summed E-state index contributed by atoms with van der Waals surface area (Å²) in [6, 6.07) is 20.6. The highest BCUT2D eigenvalue weighted by Gasteiger charge is 2.35. The number of carbonyl (C=O) groups is 3. The molecule has 1 aliphatic heterocycles. The molecule has 8 nitrogen and oxygen atoms in total. The van der Waals surface area contributed by atoms with E-state index in [2.05, 4.69) is 0 Å². The Labute approximate surface area is 224 Å². The predicted molar refractivity (Wildman–Crippen MR) is 148 cm³/mol. The van der Waals surface area contributed by atoms with E-state index in [1.165, 1.54) is 16.7 Å². The Bertz CT molecular complexity index is 1400. The summed E-state index contributed by atoms with van der Waals surface area (Å²) in [6.07, 6.45) is 1.76. The Hall–Kier alpha value is -4.37. The summed E-state index contributed by atoms with van der Waals surface area (Å²) < 4.78 is 15.5. The molecule has 4 rings (SSSR count). The van der Waals surface area contributed by atoms with Gasteiger partial charge in [-0.1, -0.05) is 18.2 Å². The molecule has 1 heterocycles. The summed E-state index contributed by atoms with van der Waals surface area (Å²) in [5.74, 6) is -0.485. The number of thioether (sulfide) groups is 1. The van der Waals surface area contributed by atoms with Gasteiger partial charge in [0, 0.05) is 5.56 Å². The summed E-state index contributed by atoms with van der Waals surface area (Å²) >= 11 is 1.22. The second kappa shape index (κ2) is 12.2. The molecule has 0 aromatic heterocycles. The van der Waals surface area contributed by atoms with E-state index in [4.69, 9.17) is 19.2 Å². The normalized spacial score (nSPS) is 15.1. The molecular weight excluding hydrogens is 504 g/mol. The number of hydrogen-bond donors (Lipinski definition) is 0. The van der Waals surface area contributed by atoms with Crippen molar-refractivity contribution in [2.24, 2.45) is 4.99 Å². The average molecular weight is 531 g/mol. The first kappa shape index (κ1) is 26.7. The molecule has 0 spiro atoms. The van der Waals surface area contributed by atoms with Gasteiger partial charge in [0.2, 0.25) is 0 Å². The molecule has 0 radical (unpaired) electrons. The van der Waals surface area contributed by atoms with E-state index in [0.29, 0.717) is 38.3 Å². The zero-order valence-electron chi connectivity index (χ0n) is 21.2. The molecule has 194 valence electrons. The maximum atomic E-state index is 13.6. The smallest absolute Gasteiger partial charge is 0.338 e. The zero-order chi connectivity index (χ0) is 27.1. The van der Waals surface area contributed by atoms with Gasteiger partial charge < -0.3 is 14.2 Å².